The zero-order valence-corrected chi connectivity index (χ0v) is 13.1. The Bertz CT molecular complexity index is 910. The van der Waals surface area contributed by atoms with Gasteiger partial charge in [0.2, 0.25) is 0 Å². The van der Waals surface area contributed by atoms with Gasteiger partial charge >= 0.3 is 0 Å². The van der Waals surface area contributed by atoms with Gasteiger partial charge in [-0.3, -0.25) is 4.79 Å². The van der Waals surface area contributed by atoms with Crippen molar-refractivity contribution < 1.29 is 24.5 Å². The summed E-state index contributed by atoms with van der Waals surface area (Å²) in [6.07, 6.45) is 1.17. The Morgan fingerprint density at radius 3 is 2.75 bits per heavy atom. The third-order valence-corrected chi connectivity index (χ3v) is 5.35. The van der Waals surface area contributed by atoms with Gasteiger partial charge in [0.05, 0.1) is 12.2 Å². The van der Waals surface area contributed by atoms with Crippen LogP contribution in [0.1, 0.15) is 39.5 Å². The van der Waals surface area contributed by atoms with Crippen molar-refractivity contribution in [1.82, 2.24) is 0 Å². The van der Waals surface area contributed by atoms with Gasteiger partial charge in [-0.15, -0.1) is 0 Å². The van der Waals surface area contributed by atoms with E-state index in [1.165, 1.54) is 6.07 Å². The van der Waals surface area contributed by atoms with E-state index in [0.29, 0.717) is 30.6 Å². The molecule has 24 heavy (non-hydrogen) atoms. The largest absolute Gasteiger partial charge is 0.508 e. The lowest BCUT2D eigenvalue weighted by molar-refractivity contribution is 0.103. The SMILES string of the molecule is CC1([C@H]2Cc3c(ccc4c3Cc3cc(O)cc(O)c3C4=O)O2)CO1. The third-order valence-electron chi connectivity index (χ3n) is 5.35. The van der Waals surface area contributed by atoms with Crippen LogP contribution in [0.4, 0.5) is 0 Å². The maximum atomic E-state index is 12.8. The molecular weight excluding hydrogens is 308 g/mol. The number of phenolic OH excluding ortho intramolecular Hbond substituents is 2. The summed E-state index contributed by atoms with van der Waals surface area (Å²) in [6.45, 7) is 2.73. The molecule has 5 heteroatoms. The summed E-state index contributed by atoms with van der Waals surface area (Å²) >= 11 is 0. The number of aromatic hydroxyl groups is 2. The second kappa shape index (κ2) is 4.30. The van der Waals surface area contributed by atoms with Crippen molar-refractivity contribution >= 4 is 5.78 Å². The van der Waals surface area contributed by atoms with Crippen LogP contribution in [0.2, 0.25) is 0 Å². The van der Waals surface area contributed by atoms with Crippen molar-refractivity contribution in [1.29, 1.82) is 0 Å². The Morgan fingerprint density at radius 2 is 2.00 bits per heavy atom. The molecule has 0 radical (unpaired) electrons. The number of hydrogen-bond donors (Lipinski definition) is 2. The first kappa shape index (κ1) is 13.9. The summed E-state index contributed by atoms with van der Waals surface area (Å²) in [5.74, 6) is 0.386. The molecule has 0 saturated carbocycles. The molecule has 2 aromatic carbocycles. The minimum Gasteiger partial charge on any atom is -0.508 e. The molecule has 0 amide bonds. The monoisotopic (exact) mass is 324 g/mol. The normalized spacial score (nSPS) is 26.4. The fourth-order valence-electron chi connectivity index (χ4n) is 3.84. The summed E-state index contributed by atoms with van der Waals surface area (Å²) in [4.78, 5) is 12.8. The van der Waals surface area contributed by atoms with E-state index in [0.717, 1.165) is 16.9 Å². The first-order valence-electron chi connectivity index (χ1n) is 8.01. The number of phenols is 2. The highest BCUT2D eigenvalue weighted by Crippen LogP contribution is 2.45. The predicted molar refractivity (Wildman–Crippen MR) is 84.9 cm³/mol. The molecule has 5 nitrogen and oxygen atoms in total. The van der Waals surface area contributed by atoms with E-state index in [1.54, 1.807) is 12.1 Å². The number of benzene rings is 2. The van der Waals surface area contributed by atoms with Crippen LogP contribution in [0.15, 0.2) is 24.3 Å². The highest BCUT2D eigenvalue weighted by atomic mass is 16.6. The van der Waals surface area contributed by atoms with Crippen LogP contribution in [0.25, 0.3) is 0 Å². The number of carbonyl (C=O) groups is 1. The Kier molecular flexibility index (Phi) is 2.49. The maximum absolute atomic E-state index is 12.8. The fourth-order valence-corrected chi connectivity index (χ4v) is 3.84. The number of epoxide rings is 1. The number of rotatable bonds is 1. The van der Waals surface area contributed by atoms with Crippen molar-refractivity contribution in [2.24, 2.45) is 0 Å². The Morgan fingerprint density at radius 1 is 1.21 bits per heavy atom. The molecule has 3 aliphatic rings. The van der Waals surface area contributed by atoms with Crippen molar-refractivity contribution in [2.75, 3.05) is 6.61 Å². The molecule has 0 spiro atoms. The molecule has 2 N–H and O–H groups in total. The highest BCUT2D eigenvalue weighted by molar-refractivity contribution is 6.14. The molecule has 2 heterocycles. The van der Waals surface area contributed by atoms with Crippen molar-refractivity contribution in [3.63, 3.8) is 0 Å². The second-order valence-corrected chi connectivity index (χ2v) is 6.99. The molecule has 5 rings (SSSR count). The standard InChI is InChI=1S/C19H16O5/c1-19(8-23-19)16-7-13-12-5-9-4-10(20)6-14(21)17(9)18(22)11(12)2-3-15(13)24-16/h2-4,6,16,20-21H,5,7-8H2,1H3/t16-,19?/m1/s1. The first-order chi connectivity index (χ1) is 11.5. The van der Waals surface area contributed by atoms with Crippen LogP contribution in [-0.4, -0.2) is 34.3 Å². The average molecular weight is 324 g/mol. The van der Waals surface area contributed by atoms with Crippen LogP contribution in [0.3, 0.4) is 0 Å². The number of fused-ring (bicyclic) bond motifs is 4. The minimum atomic E-state index is -0.237. The molecule has 2 aliphatic heterocycles. The van der Waals surface area contributed by atoms with Crippen molar-refractivity contribution in [3.8, 4) is 17.2 Å². The molecule has 0 bridgehead atoms. The van der Waals surface area contributed by atoms with E-state index in [9.17, 15) is 15.0 Å². The van der Waals surface area contributed by atoms with Gasteiger partial charge in [0.1, 0.15) is 29.0 Å². The molecule has 2 atom stereocenters. The van der Waals surface area contributed by atoms with Gasteiger partial charge in [-0.25, -0.2) is 0 Å². The van der Waals surface area contributed by atoms with E-state index in [2.05, 4.69) is 0 Å². The molecule has 1 unspecified atom stereocenters. The first-order valence-corrected chi connectivity index (χ1v) is 8.01. The Labute approximate surface area is 138 Å². The molecule has 1 fully saturated rings. The van der Waals surface area contributed by atoms with Crippen molar-refractivity contribution in [3.05, 3.63) is 52.1 Å². The zero-order valence-electron chi connectivity index (χ0n) is 13.1. The molecule has 122 valence electrons. The van der Waals surface area contributed by atoms with Crippen LogP contribution < -0.4 is 4.74 Å². The number of hydrogen-bond acceptors (Lipinski definition) is 5. The molecule has 0 aromatic heterocycles. The summed E-state index contributed by atoms with van der Waals surface area (Å²) in [5, 5.41) is 19.8. The molecule has 1 saturated heterocycles. The average Bonchev–Trinajstić information content (AvgIpc) is 3.11. The topological polar surface area (TPSA) is 79.3 Å². The van der Waals surface area contributed by atoms with E-state index < -0.39 is 0 Å². The van der Waals surface area contributed by atoms with Crippen molar-refractivity contribution in [2.45, 2.75) is 31.5 Å². The van der Waals surface area contributed by atoms with Gasteiger partial charge < -0.3 is 19.7 Å². The Balaban J connectivity index is 1.63. The number of ketones is 1. The van der Waals surface area contributed by atoms with Crippen LogP contribution in [0.5, 0.6) is 17.2 Å². The quantitative estimate of drug-likeness (QED) is 0.672. The van der Waals surface area contributed by atoms with E-state index in [1.807, 2.05) is 13.0 Å². The fraction of sp³-hybridized carbons (Fsp3) is 0.316. The van der Waals surface area contributed by atoms with Crippen LogP contribution >= 0.6 is 0 Å². The van der Waals surface area contributed by atoms with E-state index in [4.69, 9.17) is 9.47 Å². The lowest BCUT2D eigenvalue weighted by Crippen LogP contribution is -2.30. The van der Waals surface area contributed by atoms with Crippen LogP contribution in [0, 0.1) is 0 Å². The van der Waals surface area contributed by atoms with Crippen LogP contribution in [-0.2, 0) is 17.6 Å². The summed E-state index contributed by atoms with van der Waals surface area (Å²) in [5.41, 5.74) is 3.27. The lowest BCUT2D eigenvalue weighted by atomic mass is 9.81. The van der Waals surface area contributed by atoms with Gasteiger partial charge in [0.25, 0.3) is 0 Å². The summed E-state index contributed by atoms with van der Waals surface area (Å²) < 4.78 is 11.5. The van der Waals surface area contributed by atoms with Gasteiger partial charge in [-0.05, 0) is 42.7 Å². The lowest BCUT2D eigenvalue weighted by Gasteiger charge is -2.21. The second-order valence-electron chi connectivity index (χ2n) is 6.99. The minimum absolute atomic E-state index is 0.0342. The highest BCUT2D eigenvalue weighted by Gasteiger charge is 2.51. The van der Waals surface area contributed by atoms with Gasteiger partial charge in [-0.2, -0.15) is 0 Å². The summed E-state index contributed by atoms with van der Waals surface area (Å²) in [6, 6.07) is 6.36. The Hall–Kier alpha value is -2.53. The third kappa shape index (κ3) is 1.76. The number of carbonyl (C=O) groups excluding carboxylic acids is 1. The molecule has 1 aliphatic carbocycles. The zero-order chi connectivity index (χ0) is 16.6. The van der Waals surface area contributed by atoms with Gasteiger partial charge in [0, 0.05) is 23.6 Å². The molecular formula is C19H16O5. The van der Waals surface area contributed by atoms with E-state index in [-0.39, 0.29) is 34.6 Å². The number of ether oxygens (including phenoxy) is 2. The maximum Gasteiger partial charge on any atom is 0.197 e. The predicted octanol–water partition coefficient (Wildman–Crippen LogP) is 2.33. The van der Waals surface area contributed by atoms with Gasteiger partial charge in [-0.1, -0.05) is 0 Å². The summed E-state index contributed by atoms with van der Waals surface area (Å²) in [7, 11) is 0. The van der Waals surface area contributed by atoms with E-state index >= 15 is 0 Å². The molecule has 2 aromatic rings. The smallest absolute Gasteiger partial charge is 0.197 e. The van der Waals surface area contributed by atoms with Gasteiger partial charge in [0.15, 0.2) is 5.78 Å².